The van der Waals surface area contributed by atoms with Crippen LogP contribution in [0.15, 0.2) is 82.0 Å². The van der Waals surface area contributed by atoms with E-state index >= 15 is 0 Å². The van der Waals surface area contributed by atoms with Crippen LogP contribution in [0.5, 0.6) is 23.0 Å². The van der Waals surface area contributed by atoms with E-state index in [2.05, 4.69) is 0 Å². The first kappa shape index (κ1) is 28.6. The molecular formula is C30H26O12. The van der Waals surface area contributed by atoms with Crippen LogP contribution in [0.3, 0.4) is 0 Å². The Morgan fingerprint density at radius 1 is 0.857 bits per heavy atom. The SMILES string of the molecule is O=C(C=Cc1ccc(O)cc1)OC[C@H]1O[C@@H](Oc2cc(O)c3c(=O)cc(-c4ccc(O)cc4)oc3c2)[C@@H](O)[C@@H](O)[C@@H]1O. The molecule has 0 unspecified atom stereocenters. The third-order valence-electron chi connectivity index (χ3n) is 6.55. The number of esters is 1. The number of aliphatic hydroxyl groups is 3. The number of ether oxygens (including phenoxy) is 3. The number of fused-ring (bicyclic) bond motifs is 1. The van der Waals surface area contributed by atoms with Crippen LogP contribution in [-0.4, -0.2) is 73.9 Å². The van der Waals surface area contributed by atoms with Crippen molar-refractivity contribution in [3.63, 3.8) is 0 Å². The summed E-state index contributed by atoms with van der Waals surface area (Å²) >= 11 is 0. The lowest BCUT2D eigenvalue weighted by molar-refractivity contribution is -0.278. The summed E-state index contributed by atoms with van der Waals surface area (Å²) in [5, 5.41) is 60.5. The van der Waals surface area contributed by atoms with Crippen molar-refractivity contribution in [2.45, 2.75) is 30.7 Å². The maximum absolute atomic E-state index is 12.7. The number of hydrogen-bond acceptors (Lipinski definition) is 12. The Bertz CT molecular complexity index is 1660. The van der Waals surface area contributed by atoms with Gasteiger partial charge in [0.05, 0.1) is 0 Å². The van der Waals surface area contributed by atoms with Crippen molar-refractivity contribution >= 4 is 23.0 Å². The van der Waals surface area contributed by atoms with Gasteiger partial charge in [0.25, 0.3) is 0 Å². The molecule has 12 nitrogen and oxygen atoms in total. The lowest BCUT2D eigenvalue weighted by Gasteiger charge is -2.39. The molecule has 1 saturated heterocycles. The minimum atomic E-state index is -1.74. The Labute approximate surface area is 237 Å². The minimum Gasteiger partial charge on any atom is -0.508 e. The van der Waals surface area contributed by atoms with Gasteiger partial charge in [-0.1, -0.05) is 12.1 Å². The third kappa shape index (κ3) is 6.21. The molecule has 0 radical (unpaired) electrons. The quantitative estimate of drug-likeness (QED) is 0.138. The molecule has 6 N–H and O–H groups in total. The molecule has 5 atom stereocenters. The van der Waals surface area contributed by atoms with E-state index in [0.29, 0.717) is 11.1 Å². The number of phenolic OH excluding ortho intramolecular Hbond substituents is 3. The summed E-state index contributed by atoms with van der Waals surface area (Å²) in [4.78, 5) is 24.9. The number of benzene rings is 3. The highest BCUT2D eigenvalue weighted by molar-refractivity contribution is 5.87. The standard InChI is InChI=1S/C30H26O12/c31-17-6-1-15(2-7-17)3-10-25(35)39-14-24-27(36)28(37)29(38)30(42-24)40-19-11-20(33)26-21(34)13-22(41-23(26)12-19)16-4-8-18(32)9-5-16/h1-13,24,27-33,36-38H,14H2/t24-,27-,28+,29+,30-/m1/s1. The van der Waals surface area contributed by atoms with Crippen molar-refractivity contribution in [1.29, 1.82) is 0 Å². The van der Waals surface area contributed by atoms with Crippen LogP contribution >= 0.6 is 0 Å². The second-order valence-electron chi connectivity index (χ2n) is 9.52. The van der Waals surface area contributed by atoms with Crippen LogP contribution < -0.4 is 10.2 Å². The van der Waals surface area contributed by atoms with Gasteiger partial charge in [0, 0.05) is 29.8 Å². The van der Waals surface area contributed by atoms with Gasteiger partial charge in [-0.25, -0.2) is 4.79 Å². The fourth-order valence-corrected chi connectivity index (χ4v) is 4.33. The maximum atomic E-state index is 12.7. The van der Waals surface area contributed by atoms with Crippen molar-refractivity contribution in [3.8, 4) is 34.3 Å². The molecule has 0 amide bonds. The Morgan fingerprint density at radius 3 is 2.21 bits per heavy atom. The molecule has 5 rings (SSSR count). The number of hydrogen-bond donors (Lipinski definition) is 6. The third-order valence-corrected chi connectivity index (χ3v) is 6.55. The van der Waals surface area contributed by atoms with Gasteiger partial charge in [-0.05, 0) is 48.0 Å². The van der Waals surface area contributed by atoms with E-state index in [0.717, 1.165) is 12.1 Å². The average Bonchev–Trinajstić information content (AvgIpc) is 2.96. The van der Waals surface area contributed by atoms with Gasteiger partial charge >= 0.3 is 5.97 Å². The minimum absolute atomic E-state index is 0.0205. The molecule has 1 aliphatic heterocycles. The zero-order valence-corrected chi connectivity index (χ0v) is 21.7. The molecule has 42 heavy (non-hydrogen) atoms. The second kappa shape index (κ2) is 11.9. The lowest BCUT2D eigenvalue weighted by Crippen LogP contribution is -2.60. The monoisotopic (exact) mass is 578 g/mol. The molecule has 218 valence electrons. The van der Waals surface area contributed by atoms with Gasteiger partial charge in [0.2, 0.25) is 6.29 Å². The van der Waals surface area contributed by atoms with E-state index in [-0.39, 0.29) is 34.0 Å². The fraction of sp³-hybridized carbons (Fsp3) is 0.200. The topological polar surface area (TPSA) is 196 Å². The summed E-state index contributed by atoms with van der Waals surface area (Å²) in [6.07, 6.45) is -5.43. The number of carbonyl (C=O) groups is 1. The van der Waals surface area contributed by atoms with Crippen molar-refractivity contribution in [3.05, 3.63) is 88.6 Å². The van der Waals surface area contributed by atoms with Crippen LogP contribution in [0.25, 0.3) is 28.4 Å². The Morgan fingerprint density at radius 2 is 1.52 bits per heavy atom. The molecule has 0 saturated carbocycles. The Hall–Kier alpha value is -4.88. The summed E-state index contributed by atoms with van der Waals surface area (Å²) in [6, 6.07) is 15.5. The molecule has 4 aromatic rings. The number of phenols is 3. The molecule has 0 aliphatic carbocycles. The maximum Gasteiger partial charge on any atom is 0.330 e. The summed E-state index contributed by atoms with van der Waals surface area (Å²) in [7, 11) is 0. The molecule has 12 heteroatoms. The van der Waals surface area contributed by atoms with Crippen LogP contribution in [0.2, 0.25) is 0 Å². The number of aromatic hydroxyl groups is 3. The molecular weight excluding hydrogens is 552 g/mol. The van der Waals surface area contributed by atoms with Crippen LogP contribution in [-0.2, 0) is 14.3 Å². The van der Waals surface area contributed by atoms with E-state index in [9.17, 15) is 40.2 Å². The molecule has 0 bridgehead atoms. The predicted octanol–water partition coefficient (Wildman–Crippen LogP) is 2.02. The van der Waals surface area contributed by atoms with Crippen molar-refractivity contribution < 1.29 is 54.1 Å². The van der Waals surface area contributed by atoms with Crippen LogP contribution in [0.1, 0.15) is 5.56 Å². The smallest absolute Gasteiger partial charge is 0.330 e. The highest BCUT2D eigenvalue weighted by Crippen LogP contribution is 2.33. The molecule has 0 spiro atoms. The normalized spacial score (nSPS) is 22.3. The molecule has 2 heterocycles. The summed E-state index contributed by atoms with van der Waals surface area (Å²) in [5.41, 5.74) is 0.501. The molecule has 1 aliphatic rings. The van der Waals surface area contributed by atoms with E-state index in [4.69, 9.17) is 18.6 Å². The fourth-order valence-electron chi connectivity index (χ4n) is 4.33. The summed E-state index contributed by atoms with van der Waals surface area (Å²) < 4.78 is 22.2. The first-order valence-electron chi connectivity index (χ1n) is 12.7. The highest BCUT2D eigenvalue weighted by Gasteiger charge is 2.45. The van der Waals surface area contributed by atoms with E-state index in [1.807, 2.05) is 0 Å². The molecule has 1 aromatic heterocycles. The first-order valence-corrected chi connectivity index (χ1v) is 12.7. The lowest BCUT2D eigenvalue weighted by atomic mass is 9.99. The second-order valence-corrected chi connectivity index (χ2v) is 9.52. The molecule has 3 aromatic carbocycles. The predicted molar refractivity (Wildman–Crippen MR) is 147 cm³/mol. The average molecular weight is 579 g/mol. The first-order chi connectivity index (χ1) is 20.1. The van der Waals surface area contributed by atoms with Crippen molar-refractivity contribution in [2.75, 3.05) is 6.61 Å². The number of carbonyl (C=O) groups excluding carboxylic acids is 1. The Balaban J connectivity index is 1.31. The van der Waals surface area contributed by atoms with Crippen molar-refractivity contribution in [1.82, 2.24) is 0 Å². The van der Waals surface area contributed by atoms with E-state index in [1.165, 1.54) is 54.6 Å². The Kier molecular flexibility index (Phi) is 8.13. The van der Waals surface area contributed by atoms with Gasteiger partial charge < -0.3 is 49.3 Å². The van der Waals surface area contributed by atoms with E-state index in [1.54, 1.807) is 12.1 Å². The summed E-state index contributed by atoms with van der Waals surface area (Å²) in [5.74, 6) is -1.13. The van der Waals surface area contributed by atoms with Crippen LogP contribution in [0.4, 0.5) is 0 Å². The highest BCUT2D eigenvalue weighted by atomic mass is 16.7. The van der Waals surface area contributed by atoms with Gasteiger partial charge in [-0.15, -0.1) is 0 Å². The van der Waals surface area contributed by atoms with Gasteiger partial charge in [0.1, 0.15) is 70.8 Å². The zero-order chi connectivity index (χ0) is 30.0. The van der Waals surface area contributed by atoms with Gasteiger partial charge in [-0.2, -0.15) is 0 Å². The number of aliphatic hydroxyl groups excluding tert-OH is 3. The number of rotatable bonds is 7. The van der Waals surface area contributed by atoms with Crippen molar-refractivity contribution in [2.24, 2.45) is 0 Å². The molecule has 1 fully saturated rings. The van der Waals surface area contributed by atoms with Crippen LogP contribution in [0, 0.1) is 0 Å². The zero-order valence-electron chi connectivity index (χ0n) is 21.7. The van der Waals surface area contributed by atoms with Gasteiger partial charge in [-0.3, -0.25) is 4.79 Å². The largest absolute Gasteiger partial charge is 0.508 e. The van der Waals surface area contributed by atoms with Gasteiger partial charge in [0.15, 0.2) is 5.43 Å². The summed E-state index contributed by atoms with van der Waals surface area (Å²) in [6.45, 7) is -0.503. The van der Waals surface area contributed by atoms with E-state index < -0.39 is 54.5 Å².